The Balaban J connectivity index is 1.47. The van der Waals surface area contributed by atoms with E-state index >= 15 is 0 Å². The van der Waals surface area contributed by atoms with Crippen molar-refractivity contribution in [2.45, 2.75) is 38.3 Å². The number of methoxy groups -OCH3 is 1. The molecular formula is C28H26FN3O2S. The lowest BCUT2D eigenvalue weighted by molar-refractivity contribution is 0.194. The maximum atomic E-state index is 14.4. The fourth-order valence-corrected chi connectivity index (χ4v) is 6.69. The quantitative estimate of drug-likeness (QED) is 0.349. The molecule has 1 atom stereocenters. The molecule has 7 heteroatoms. The third-order valence-corrected chi connectivity index (χ3v) is 8.28. The third kappa shape index (κ3) is 3.90. The topological polar surface area (TPSA) is 46.5 Å². The van der Waals surface area contributed by atoms with Gasteiger partial charge in [-0.2, -0.15) is 0 Å². The summed E-state index contributed by atoms with van der Waals surface area (Å²) >= 11 is 1.84. The molecule has 0 spiro atoms. The number of aromatic nitrogens is 1. The normalized spacial score (nSPS) is 16.6. The van der Waals surface area contributed by atoms with Crippen LogP contribution < -0.4 is 10.1 Å². The van der Waals surface area contributed by atoms with E-state index in [4.69, 9.17) is 4.74 Å². The van der Waals surface area contributed by atoms with E-state index in [0.29, 0.717) is 12.2 Å². The van der Waals surface area contributed by atoms with E-state index in [9.17, 15) is 9.18 Å². The predicted octanol–water partition coefficient (Wildman–Crippen LogP) is 6.70. The first-order valence-electron chi connectivity index (χ1n) is 11.9. The lowest BCUT2D eigenvalue weighted by Gasteiger charge is -2.31. The van der Waals surface area contributed by atoms with E-state index in [2.05, 4.69) is 16.1 Å². The minimum atomic E-state index is -0.433. The zero-order valence-electron chi connectivity index (χ0n) is 19.5. The number of hydrogen-bond donors (Lipinski definition) is 1. The van der Waals surface area contributed by atoms with Crippen molar-refractivity contribution in [3.63, 3.8) is 0 Å². The van der Waals surface area contributed by atoms with Crippen LogP contribution in [0.4, 0.5) is 14.9 Å². The number of amides is 2. The second kappa shape index (κ2) is 8.89. The molecule has 6 rings (SSSR count). The molecule has 0 saturated heterocycles. The summed E-state index contributed by atoms with van der Waals surface area (Å²) in [4.78, 5) is 17.1. The second-order valence-corrected chi connectivity index (χ2v) is 10.1. The Morgan fingerprint density at radius 1 is 1.06 bits per heavy atom. The van der Waals surface area contributed by atoms with E-state index in [1.54, 1.807) is 13.2 Å². The van der Waals surface area contributed by atoms with Gasteiger partial charge in [-0.1, -0.05) is 12.1 Å². The number of urea groups is 1. The lowest BCUT2D eigenvalue weighted by Crippen LogP contribution is -2.38. The largest absolute Gasteiger partial charge is 0.497 e. The van der Waals surface area contributed by atoms with E-state index in [1.807, 2.05) is 58.7 Å². The molecule has 4 aromatic rings. The zero-order chi connectivity index (χ0) is 23.9. The highest BCUT2D eigenvalue weighted by Gasteiger charge is 2.36. The molecule has 178 valence electrons. The third-order valence-electron chi connectivity index (χ3n) is 6.95. The molecule has 2 aromatic carbocycles. The number of nitrogens with one attached hydrogen (secondary N) is 1. The van der Waals surface area contributed by atoms with Gasteiger partial charge in [0.25, 0.3) is 0 Å². The Bertz CT molecular complexity index is 1390. The number of thiophene rings is 1. The van der Waals surface area contributed by atoms with Crippen molar-refractivity contribution in [3.05, 3.63) is 99.9 Å². The summed E-state index contributed by atoms with van der Waals surface area (Å²) in [6, 6.07) is 17.3. The average molecular weight is 488 g/mol. The van der Waals surface area contributed by atoms with Gasteiger partial charge in [0, 0.05) is 22.3 Å². The number of anilines is 1. The number of fused-ring (bicyclic) bond motifs is 5. The fraction of sp³-hybridized carbons (Fsp3) is 0.250. The summed E-state index contributed by atoms with van der Waals surface area (Å²) in [5.41, 5.74) is 4.99. The molecule has 1 aliphatic heterocycles. The monoisotopic (exact) mass is 487 g/mol. The van der Waals surface area contributed by atoms with Crippen LogP contribution in [0.25, 0.3) is 5.00 Å². The molecule has 0 bridgehead atoms. The maximum absolute atomic E-state index is 14.4. The molecule has 0 fully saturated rings. The average Bonchev–Trinajstić information content (AvgIpc) is 3.46. The highest BCUT2D eigenvalue weighted by atomic mass is 32.1. The summed E-state index contributed by atoms with van der Waals surface area (Å²) in [5, 5.41) is 4.24. The Hall–Kier alpha value is -3.58. The molecule has 0 radical (unpaired) electrons. The number of hydrogen-bond acceptors (Lipinski definition) is 3. The summed E-state index contributed by atoms with van der Waals surface area (Å²) < 4.78 is 21.8. The summed E-state index contributed by atoms with van der Waals surface area (Å²) in [6.45, 7) is 0.464. The fourth-order valence-electron chi connectivity index (χ4n) is 5.28. The van der Waals surface area contributed by atoms with Gasteiger partial charge in [0.2, 0.25) is 0 Å². The van der Waals surface area contributed by atoms with E-state index in [0.717, 1.165) is 29.8 Å². The minimum Gasteiger partial charge on any atom is -0.497 e. The van der Waals surface area contributed by atoms with Crippen molar-refractivity contribution in [1.82, 2.24) is 9.47 Å². The van der Waals surface area contributed by atoms with Crippen LogP contribution in [-0.4, -0.2) is 22.6 Å². The molecule has 0 unspecified atom stereocenters. The first-order valence-corrected chi connectivity index (χ1v) is 12.7. The van der Waals surface area contributed by atoms with Gasteiger partial charge in [0.15, 0.2) is 0 Å². The van der Waals surface area contributed by atoms with Gasteiger partial charge in [0.1, 0.15) is 16.6 Å². The molecule has 2 aromatic heterocycles. The van der Waals surface area contributed by atoms with Crippen LogP contribution in [-0.2, 0) is 19.4 Å². The number of benzene rings is 2. The molecule has 1 N–H and O–H groups in total. The van der Waals surface area contributed by atoms with Crippen LogP contribution in [0, 0.1) is 5.82 Å². The van der Waals surface area contributed by atoms with Crippen LogP contribution in [0.3, 0.4) is 0 Å². The molecule has 35 heavy (non-hydrogen) atoms. The van der Waals surface area contributed by atoms with Crippen LogP contribution in [0.2, 0.25) is 0 Å². The molecule has 2 amide bonds. The Kier molecular flexibility index (Phi) is 5.57. The van der Waals surface area contributed by atoms with Gasteiger partial charge in [-0.05, 0) is 85.3 Å². The number of nitrogens with zero attached hydrogens (tertiary/aromatic N) is 2. The second-order valence-electron chi connectivity index (χ2n) is 9.04. The molecular weight excluding hydrogens is 461 g/mol. The van der Waals surface area contributed by atoms with Crippen LogP contribution in [0.5, 0.6) is 5.75 Å². The molecule has 1 aliphatic carbocycles. The first kappa shape index (κ1) is 21.9. The lowest BCUT2D eigenvalue weighted by atomic mass is 9.95. The predicted molar refractivity (Wildman–Crippen MR) is 136 cm³/mol. The Morgan fingerprint density at radius 2 is 1.89 bits per heavy atom. The minimum absolute atomic E-state index is 0.221. The van der Waals surface area contributed by atoms with E-state index < -0.39 is 6.04 Å². The number of rotatable bonds is 3. The maximum Gasteiger partial charge on any atom is 0.322 e. The molecule has 2 aliphatic rings. The van der Waals surface area contributed by atoms with Gasteiger partial charge in [-0.3, -0.25) is 0 Å². The summed E-state index contributed by atoms with van der Waals surface area (Å²) in [5.74, 6) is 0.412. The summed E-state index contributed by atoms with van der Waals surface area (Å²) in [7, 11) is 1.61. The van der Waals surface area contributed by atoms with Crippen molar-refractivity contribution in [2.75, 3.05) is 12.4 Å². The van der Waals surface area contributed by atoms with E-state index in [1.165, 1.54) is 46.0 Å². The van der Waals surface area contributed by atoms with Gasteiger partial charge >= 0.3 is 6.03 Å². The molecule has 0 saturated carbocycles. The number of aryl methyl sites for hydroxylation is 1. The van der Waals surface area contributed by atoms with Crippen molar-refractivity contribution >= 4 is 23.1 Å². The van der Waals surface area contributed by atoms with Gasteiger partial charge in [-0.25, -0.2) is 9.18 Å². The van der Waals surface area contributed by atoms with Crippen molar-refractivity contribution < 1.29 is 13.9 Å². The van der Waals surface area contributed by atoms with Crippen LogP contribution >= 0.6 is 11.3 Å². The number of ether oxygens (including phenoxy) is 1. The van der Waals surface area contributed by atoms with Gasteiger partial charge in [0.05, 0.1) is 25.4 Å². The van der Waals surface area contributed by atoms with Crippen molar-refractivity contribution in [3.8, 4) is 10.8 Å². The van der Waals surface area contributed by atoms with E-state index in [-0.39, 0.29) is 11.8 Å². The van der Waals surface area contributed by atoms with Crippen LogP contribution in [0.15, 0.2) is 66.9 Å². The highest BCUT2D eigenvalue weighted by molar-refractivity contribution is 7.15. The number of halogens is 1. The summed E-state index contributed by atoms with van der Waals surface area (Å²) in [6.07, 6.45) is 6.57. The number of carbonyl (C=O) groups excluding carboxylic acids is 1. The molecule has 5 nitrogen and oxygen atoms in total. The standard InChI is InChI=1S/C28H26FN3O2S/c1-34-21-13-11-20(12-14-21)30-28(33)32-17-23-22-8-2-3-10-25(22)35-27(23)31-15-5-9-24(31)26(32)18-6-4-7-19(29)16-18/h4-7,9,11-16,26H,2-3,8,10,17H2,1H3,(H,30,33)/t26-/m0/s1. The Labute approximate surface area is 207 Å². The van der Waals surface area contributed by atoms with Gasteiger partial charge < -0.3 is 19.5 Å². The van der Waals surface area contributed by atoms with Gasteiger partial charge in [-0.15, -0.1) is 11.3 Å². The highest BCUT2D eigenvalue weighted by Crippen LogP contribution is 2.44. The van der Waals surface area contributed by atoms with Crippen molar-refractivity contribution in [1.29, 1.82) is 0 Å². The smallest absolute Gasteiger partial charge is 0.322 e. The van der Waals surface area contributed by atoms with Crippen molar-refractivity contribution in [2.24, 2.45) is 0 Å². The number of carbonyl (C=O) groups is 1. The Morgan fingerprint density at radius 3 is 2.69 bits per heavy atom. The molecule has 3 heterocycles. The zero-order valence-corrected chi connectivity index (χ0v) is 20.3. The first-order chi connectivity index (χ1) is 17.1. The SMILES string of the molecule is COc1ccc(NC(=O)N2Cc3c(sc4c3CCCC4)-n3cccc3[C@@H]2c2cccc(F)c2)cc1. The van der Waals surface area contributed by atoms with Crippen LogP contribution in [0.1, 0.15) is 46.1 Å².